The highest BCUT2D eigenvalue weighted by Crippen LogP contribution is 2.41. The third-order valence-corrected chi connectivity index (χ3v) is 6.07. The Morgan fingerprint density at radius 2 is 1.80 bits per heavy atom. The summed E-state index contributed by atoms with van der Waals surface area (Å²) in [4.78, 5) is 11.0. The molecule has 0 aliphatic rings. The maximum atomic E-state index is 11.4. The first-order chi connectivity index (χ1) is 14.3. The Morgan fingerprint density at radius 1 is 1.17 bits per heavy atom. The molecule has 0 fully saturated rings. The normalized spacial score (nSPS) is 12.0. The molecule has 1 aromatic heterocycles. The number of hydrogen-bond donors (Lipinski definition) is 0. The van der Waals surface area contributed by atoms with E-state index in [2.05, 4.69) is 10.2 Å². The van der Waals surface area contributed by atoms with E-state index in [0.717, 1.165) is 11.3 Å². The number of halogens is 2. The van der Waals surface area contributed by atoms with Gasteiger partial charge in [0.05, 0.1) is 16.7 Å². The van der Waals surface area contributed by atoms with Gasteiger partial charge in [0.25, 0.3) is 0 Å². The SMILES string of the molecule is CCOc1c(Cl)cc([C@H](C[N+](=O)[O-])Sc2nnc(C)n2-c2ccc(C)cc2)cc1Cl. The lowest BCUT2D eigenvalue weighted by molar-refractivity contribution is -0.479. The fraction of sp³-hybridized carbons (Fsp3) is 0.300. The van der Waals surface area contributed by atoms with Crippen LogP contribution in [0.15, 0.2) is 41.6 Å². The zero-order valence-electron chi connectivity index (χ0n) is 16.6. The van der Waals surface area contributed by atoms with Crippen molar-refractivity contribution in [2.24, 2.45) is 0 Å². The van der Waals surface area contributed by atoms with Gasteiger partial charge in [-0.15, -0.1) is 10.2 Å². The second-order valence-corrected chi connectivity index (χ2v) is 8.55. The molecule has 0 spiro atoms. The number of nitrogens with zero attached hydrogens (tertiary/aromatic N) is 4. The summed E-state index contributed by atoms with van der Waals surface area (Å²) in [6, 6.07) is 11.2. The van der Waals surface area contributed by atoms with Crippen molar-refractivity contribution in [3.8, 4) is 11.4 Å². The first-order valence-electron chi connectivity index (χ1n) is 9.19. The number of aryl methyl sites for hydroxylation is 2. The second kappa shape index (κ2) is 9.68. The highest BCUT2D eigenvalue weighted by Gasteiger charge is 2.25. The van der Waals surface area contributed by atoms with Gasteiger partial charge >= 0.3 is 0 Å². The van der Waals surface area contributed by atoms with E-state index in [1.807, 2.05) is 49.6 Å². The molecule has 0 saturated carbocycles. The van der Waals surface area contributed by atoms with E-state index in [0.29, 0.717) is 38.9 Å². The van der Waals surface area contributed by atoms with Crippen molar-refractivity contribution < 1.29 is 9.66 Å². The monoisotopic (exact) mass is 466 g/mol. The molecule has 0 radical (unpaired) electrons. The summed E-state index contributed by atoms with van der Waals surface area (Å²) in [6.45, 7) is 5.75. The molecule has 2 aromatic carbocycles. The van der Waals surface area contributed by atoms with E-state index in [1.54, 1.807) is 12.1 Å². The lowest BCUT2D eigenvalue weighted by Crippen LogP contribution is -2.11. The van der Waals surface area contributed by atoms with Crippen LogP contribution in [0, 0.1) is 24.0 Å². The van der Waals surface area contributed by atoms with Gasteiger partial charge in [-0.1, -0.05) is 52.7 Å². The Bertz CT molecular complexity index is 1030. The fourth-order valence-electron chi connectivity index (χ4n) is 2.93. The van der Waals surface area contributed by atoms with E-state index >= 15 is 0 Å². The highest BCUT2D eigenvalue weighted by molar-refractivity contribution is 7.99. The van der Waals surface area contributed by atoms with Crippen LogP contribution in [0.5, 0.6) is 5.75 Å². The first-order valence-corrected chi connectivity index (χ1v) is 10.8. The summed E-state index contributed by atoms with van der Waals surface area (Å²) < 4.78 is 7.33. The molecule has 7 nitrogen and oxygen atoms in total. The van der Waals surface area contributed by atoms with Gasteiger partial charge in [0.1, 0.15) is 11.1 Å². The first kappa shape index (κ1) is 22.4. The Balaban J connectivity index is 2.00. The van der Waals surface area contributed by atoms with Crippen LogP contribution in [0.4, 0.5) is 0 Å². The molecule has 3 rings (SSSR count). The maximum Gasteiger partial charge on any atom is 0.220 e. The van der Waals surface area contributed by atoms with Crippen LogP contribution in [0.1, 0.15) is 29.1 Å². The molecule has 0 N–H and O–H groups in total. The molecular formula is C20H20Cl2N4O3S. The van der Waals surface area contributed by atoms with Gasteiger partial charge in [-0.25, -0.2) is 0 Å². The van der Waals surface area contributed by atoms with Crippen LogP contribution >= 0.6 is 35.0 Å². The average Bonchev–Trinajstić information content (AvgIpc) is 3.04. The van der Waals surface area contributed by atoms with Crippen molar-refractivity contribution >= 4 is 35.0 Å². The largest absolute Gasteiger partial charge is 0.491 e. The number of benzene rings is 2. The van der Waals surface area contributed by atoms with Gasteiger partial charge in [-0.3, -0.25) is 14.7 Å². The van der Waals surface area contributed by atoms with Gasteiger partial charge in [0, 0.05) is 10.6 Å². The molecule has 158 valence electrons. The molecule has 0 amide bonds. The third-order valence-electron chi connectivity index (χ3n) is 4.33. The van der Waals surface area contributed by atoms with Crippen LogP contribution in [0.2, 0.25) is 10.0 Å². The topological polar surface area (TPSA) is 83.1 Å². The molecular weight excluding hydrogens is 447 g/mol. The van der Waals surface area contributed by atoms with Crippen LogP contribution in [-0.4, -0.2) is 32.8 Å². The van der Waals surface area contributed by atoms with Gasteiger partial charge in [-0.2, -0.15) is 0 Å². The number of hydrogen-bond acceptors (Lipinski definition) is 6. The van der Waals surface area contributed by atoms with Crippen molar-refractivity contribution in [3.63, 3.8) is 0 Å². The number of rotatable bonds is 8. The molecule has 1 heterocycles. The maximum absolute atomic E-state index is 11.4. The lowest BCUT2D eigenvalue weighted by atomic mass is 10.1. The third kappa shape index (κ3) is 5.06. The Hall–Kier alpha value is -2.29. The molecule has 0 unspecified atom stereocenters. The lowest BCUT2D eigenvalue weighted by Gasteiger charge is -2.16. The van der Waals surface area contributed by atoms with Gasteiger partial charge in [-0.05, 0) is 50.6 Å². The molecule has 0 aliphatic carbocycles. The summed E-state index contributed by atoms with van der Waals surface area (Å²) in [5.41, 5.74) is 2.63. The minimum Gasteiger partial charge on any atom is -0.491 e. The van der Waals surface area contributed by atoms with Crippen molar-refractivity contribution in [3.05, 3.63) is 73.5 Å². The van der Waals surface area contributed by atoms with Crippen LogP contribution < -0.4 is 4.74 Å². The minimum atomic E-state index is -0.571. The quantitative estimate of drug-likeness (QED) is 0.240. The predicted molar refractivity (Wildman–Crippen MR) is 119 cm³/mol. The Kier molecular flexibility index (Phi) is 7.23. The zero-order chi connectivity index (χ0) is 21.8. The van der Waals surface area contributed by atoms with E-state index in [4.69, 9.17) is 27.9 Å². The number of ether oxygens (including phenoxy) is 1. The average molecular weight is 467 g/mol. The van der Waals surface area contributed by atoms with E-state index in [1.165, 1.54) is 11.8 Å². The smallest absolute Gasteiger partial charge is 0.220 e. The van der Waals surface area contributed by atoms with Crippen molar-refractivity contribution in [2.75, 3.05) is 13.2 Å². The zero-order valence-corrected chi connectivity index (χ0v) is 19.0. The Morgan fingerprint density at radius 3 is 2.37 bits per heavy atom. The summed E-state index contributed by atoms with van der Waals surface area (Å²) in [6.07, 6.45) is 0. The molecule has 0 aliphatic heterocycles. The molecule has 0 bridgehead atoms. The molecule has 1 atom stereocenters. The van der Waals surface area contributed by atoms with Crippen LogP contribution in [-0.2, 0) is 0 Å². The Labute approximate surface area is 188 Å². The highest BCUT2D eigenvalue weighted by atomic mass is 35.5. The van der Waals surface area contributed by atoms with E-state index < -0.39 is 5.25 Å². The number of aromatic nitrogens is 3. The molecule has 10 heteroatoms. The number of thioether (sulfide) groups is 1. The predicted octanol–water partition coefficient (Wildman–Crippen LogP) is 5.70. The van der Waals surface area contributed by atoms with Gasteiger partial charge in [0.15, 0.2) is 10.9 Å². The van der Waals surface area contributed by atoms with Gasteiger partial charge in [0.2, 0.25) is 6.54 Å². The van der Waals surface area contributed by atoms with Crippen LogP contribution in [0.3, 0.4) is 0 Å². The molecule has 3 aromatic rings. The molecule has 30 heavy (non-hydrogen) atoms. The second-order valence-electron chi connectivity index (χ2n) is 6.57. The number of nitro groups is 1. The van der Waals surface area contributed by atoms with Crippen LogP contribution in [0.25, 0.3) is 5.69 Å². The fourth-order valence-corrected chi connectivity index (χ4v) is 4.70. The van der Waals surface area contributed by atoms with E-state index in [-0.39, 0.29) is 11.5 Å². The molecule has 0 saturated heterocycles. The standard InChI is InChI=1S/C20H20Cl2N4O3S/c1-4-29-19-16(21)9-14(10-17(19)22)18(11-25(27)28)30-20-24-23-13(3)26(20)15-7-5-12(2)6-8-15/h5-10,18H,4,11H2,1-3H3/t18-/m0/s1. The minimum absolute atomic E-state index is 0.310. The van der Waals surface area contributed by atoms with Crippen molar-refractivity contribution in [1.82, 2.24) is 14.8 Å². The summed E-state index contributed by atoms with van der Waals surface area (Å²) >= 11 is 13.9. The summed E-state index contributed by atoms with van der Waals surface area (Å²) in [5, 5.41) is 20.4. The summed E-state index contributed by atoms with van der Waals surface area (Å²) in [7, 11) is 0. The van der Waals surface area contributed by atoms with E-state index in [9.17, 15) is 10.1 Å². The van der Waals surface area contributed by atoms with Gasteiger partial charge < -0.3 is 4.74 Å². The van der Waals surface area contributed by atoms with Crippen molar-refractivity contribution in [1.29, 1.82) is 0 Å². The summed E-state index contributed by atoms with van der Waals surface area (Å²) in [5.74, 6) is 1.05. The van der Waals surface area contributed by atoms with Crippen molar-refractivity contribution in [2.45, 2.75) is 31.2 Å².